The van der Waals surface area contributed by atoms with Crippen molar-refractivity contribution >= 4 is 5.97 Å². The molecule has 0 aromatic rings. The van der Waals surface area contributed by atoms with Crippen LogP contribution in [0.15, 0.2) is 0 Å². The number of esters is 1. The van der Waals surface area contributed by atoms with E-state index >= 15 is 0 Å². The van der Waals surface area contributed by atoms with Crippen molar-refractivity contribution in [3.63, 3.8) is 0 Å². The third kappa shape index (κ3) is 6.08. The van der Waals surface area contributed by atoms with E-state index in [9.17, 15) is 4.79 Å². The number of methoxy groups -OCH3 is 1. The van der Waals surface area contributed by atoms with Gasteiger partial charge in [-0.1, -0.05) is 20.8 Å². The molecule has 4 nitrogen and oxygen atoms in total. The summed E-state index contributed by atoms with van der Waals surface area (Å²) >= 11 is 0. The van der Waals surface area contributed by atoms with Gasteiger partial charge in [-0.2, -0.15) is 0 Å². The van der Waals surface area contributed by atoms with Crippen LogP contribution in [0.5, 0.6) is 0 Å². The van der Waals surface area contributed by atoms with Gasteiger partial charge in [-0.15, -0.1) is 0 Å². The first kappa shape index (κ1) is 15.4. The largest absolute Gasteiger partial charge is 0.468 e. The number of hydrogen-bond donors (Lipinski definition) is 1. The molecule has 0 spiro atoms. The second kappa shape index (κ2) is 9.60. The summed E-state index contributed by atoms with van der Waals surface area (Å²) in [6.45, 7) is 10.2. The minimum atomic E-state index is -0.162. The van der Waals surface area contributed by atoms with Gasteiger partial charge in [0.1, 0.15) is 6.04 Å². The predicted octanol–water partition coefficient (Wildman–Crippen LogP) is 1.26. The van der Waals surface area contributed by atoms with Crippen LogP contribution in [-0.4, -0.2) is 50.2 Å². The molecule has 1 N–H and O–H groups in total. The highest BCUT2D eigenvalue weighted by Gasteiger charge is 2.18. The average molecular weight is 230 g/mol. The fourth-order valence-electron chi connectivity index (χ4n) is 1.62. The van der Waals surface area contributed by atoms with E-state index in [0.717, 1.165) is 39.0 Å². The predicted molar refractivity (Wildman–Crippen MR) is 66.5 cm³/mol. The maximum absolute atomic E-state index is 11.5. The van der Waals surface area contributed by atoms with E-state index < -0.39 is 0 Å². The van der Waals surface area contributed by atoms with E-state index in [4.69, 9.17) is 4.74 Å². The topological polar surface area (TPSA) is 41.6 Å². The Morgan fingerprint density at radius 3 is 2.38 bits per heavy atom. The Morgan fingerprint density at radius 2 is 1.94 bits per heavy atom. The molecule has 0 radical (unpaired) electrons. The molecule has 0 aliphatic heterocycles. The molecule has 96 valence electrons. The normalized spacial score (nSPS) is 12.8. The molecule has 1 unspecified atom stereocenters. The van der Waals surface area contributed by atoms with Crippen molar-refractivity contribution in [2.75, 3.05) is 33.3 Å². The third-order valence-electron chi connectivity index (χ3n) is 2.75. The van der Waals surface area contributed by atoms with E-state index in [2.05, 4.69) is 31.0 Å². The van der Waals surface area contributed by atoms with Gasteiger partial charge in [-0.25, -0.2) is 0 Å². The monoisotopic (exact) mass is 230 g/mol. The highest BCUT2D eigenvalue weighted by Crippen LogP contribution is 1.99. The van der Waals surface area contributed by atoms with Crippen LogP contribution in [0, 0.1) is 0 Å². The first-order valence-corrected chi connectivity index (χ1v) is 6.23. The van der Waals surface area contributed by atoms with Gasteiger partial charge in [0.2, 0.25) is 0 Å². The Morgan fingerprint density at radius 1 is 1.31 bits per heavy atom. The van der Waals surface area contributed by atoms with E-state index in [0.29, 0.717) is 0 Å². The lowest BCUT2D eigenvalue weighted by Crippen LogP contribution is -2.41. The zero-order valence-corrected chi connectivity index (χ0v) is 11.1. The molecule has 4 heteroatoms. The first-order chi connectivity index (χ1) is 7.69. The molecule has 0 saturated heterocycles. The number of rotatable bonds is 9. The average Bonchev–Trinajstić information content (AvgIpc) is 2.33. The Hall–Kier alpha value is -0.610. The fourth-order valence-corrected chi connectivity index (χ4v) is 1.62. The van der Waals surface area contributed by atoms with E-state index in [-0.39, 0.29) is 12.0 Å². The number of carbonyl (C=O) groups excluding carboxylic acids is 1. The van der Waals surface area contributed by atoms with Gasteiger partial charge < -0.3 is 15.0 Å². The van der Waals surface area contributed by atoms with E-state index in [1.807, 2.05) is 0 Å². The molecule has 0 aromatic carbocycles. The molecule has 0 bridgehead atoms. The van der Waals surface area contributed by atoms with Crippen LogP contribution < -0.4 is 5.32 Å². The highest BCUT2D eigenvalue weighted by molar-refractivity contribution is 5.75. The smallest absolute Gasteiger partial charge is 0.322 e. The summed E-state index contributed by atoms with van der Waals surface area (Å²) in [6.07, 6.45) is 1.84. The van der Waals surface area contributed by atoms with Gasteiger partial charge in [0.25, 0.3) is 0 Å². The van der Waals surface area contributed by atoms with Crippen LogP contribution in [0.2, 0.25) is 0 Å². The molecule has 0 fully saturated rings. The van der Waals surface area contributed by atoms with Gasteiger partial charge in [0.15, 0.2) is 0 Å². The van der Waals surface area contributed by atoms with Crippen LogP contribution in [0.3, 0.4) is 0 Å². The summed E-state index contributed by atoms with van der Waals surface area (Å²) in [7, 11) is 1.44. The Kier molecular flexibility index (Phi) is 9.24. The van der Waals surface area contributed by atoms with Crippen molar-refractivity contribution in [2.24, 2.45) is 0 Å². The minimum Gasteiger partial charge on any atom is -0.468 e. The van der Waals surface area contributed by atoms with Crippen LogP contribution in [0.4, 0.5) is 0 Å². The standard InChI is InChI=1S/C12H26N2O2/c1-5-9-13-11(12(15)16-4)8-10-14(6-2)7-3/h11,13H,5-10H2,1-4H3. The molecule has 0 aliphatic carbocycles. The zero-order valence-electron chi connectivity index (χ0n) is 11.1. The van der Waals surface area contributed by atoms with Crippen molar-refractivity contribution in [1.29, 1.82) is 0 Å². The van der Waals surface area contributed by atoms with Crippen molar-refractivity contribution in [3.05, 3.63) is 0 Å². The van der Waals surface area contributed by atoms with Crippen molar-refractivity contribution in [1.82, 2.24) is 10.2 Å². The number of nitrogens with zero attached hydrogens (tertiary/aromatic N) is 1. The molecule has 0 amide bonds. The second-order valence-electron chi connectivity index (χ2n) is 3.85. The molecule has 0 aliphatic rings. The Labute approximate surface area is 99.3 Å². The van der Waals surface area contributed by atoms with Crippen LogP contribution in [-0.2, 0) is 9.53 Å². The first-order valence-electron chi connectivity index (χ1n) is 6.23. The van der Waals surface area contributed by atoms with Gasteiger partial charge in [0, 0.05) is 6.54 Å². The van der Waals surface area contributed by atoms with Crippen molar-refractivity contribution < 1.29 is 9.53 Å². The molecule has 16 heavy (non-hydrogen) atoms. The number of hydrogen-bond acceptors (Lipinski definition) is 4. The number of nitrogens with one attached hydrogen (secondary N) is 1. The van der Waals surface area contributed by atoms with Crippen LogP contribution in [0.1, 0.15) is 33.6 Å². The van der Waals surface area contributed by atoms with Crippen molar-refractivity contribution in [2.45, 2.75) is 39.7 Å². The molecular weight excluding hydrogens is 204 g/mol. The summed E-state index contributed by atoms with van der Waals surface area (Å²) in [6, 6.07) is -0.162. The number of ether oxygens (including phenoxy) is 1. The molecule has 0 rings (SSSR count). The molecular formula is C12H26N2O2. The number of carbonyl (C=O) groups is 1. The minimum absolute atomic E-state index is 0.152. The second-order valence-corrected chi connectivity index (χ2v) is 3.85. The van der Waals surface area contributed by atoms with Crippen LogP contribution in [0.25, 0.3) is 0 Å². The van der Waals surface area contributed by atoms with Crippen LogP contribution >= 0.6 is 0 Å². The van der Waals surface area contributed by atoms with E-state index in [1.165, 1.54) is 7.11 Å². The summed E-state index contributed by atoms with van der Waals surface area (Å²) in [4.78, 5) is 13.8. The lowest BCUT2D eigenvalue weighted by atomic mass is 10.2. The van der Waals surface area contributed by atoms with Gasteiger partial charge in [-0.05, 0) is 32.5 Å². The Balaban J connectivity index is 4.04. The maximum atomic E-state index is 11.5. The highest BCUT2D eigenvalue weighted by atomic mass is 16.5. The molecule has 0 heterocycles. The Bertz CT molecular complexity index is 182. The van der Waals surface area contributed by atoms with E-state index in [1.54, 1.807) is 0 Å². The third-order valence-corrected chi connectivity index (χ3v) is 2.75. The summed E-state index contributed by atoms with van der Waals surface area (Å²) in [5, 5.41) is 3.22. The quantitative estimate of drug-likeness (QED) is 0.606. The summed E-state index contributed by atoms with van der Waals surface area (Å²) in [5.41, 5.74) is 0. The summed E-state index contributed by atoms with van der Waals surface area (Å²) < 4.78 is 4.79. The van der Waals surface area contributed by atoms with Gasteiger partial charge >= 0.3 is 5.97 Å². The summed E-state index contributed by atoms with van der Waals surface area (Å²) in [5.74, 6) is -0.152. The molecule has 0 aromatic heterocycles. The lowest BCUT2D eigenvalue weighted by Gasteiger charge is -2.22. The fraction of sp³-hybridized carbons (Fsp3) is 0.917. The zero-order chi connectivity index (χ0) is 12.4. The van der Waals surface area contributed by atoms with Gasteiger partial charge in [-0.3, -0.25) is 4.79 Å². The molecule has 0 saturated carbocycles. The maximum Gasteiger partial charge on any atom is 0.322 e. The van der Waals surface area contributed by atoms with Crippen molar-refractivity contribution in [3.8, 4) is 0 Å². The molecule has 1 atom stereocenters. The lowest BCUT2D eigenvalue weighted by molar-refractivity contribution is -0.143. The SMILES string of the molecule is CCCNC(CCN(CC)CC)C(=O)OC. The van der Waals surface area contributed by atoms with Gasteiger partial charge in [0.05, 0.1) is 7.11 Å².